The van der Waals surface area contributed by atoms with Crippen LogP contribution < -0.4 is 10.0 Å². The third-order valence-corrected chi connectivity index (χ3v) is 6.45. The van der Waals surface area contributed by atoms with Gasteiger partial charge >= 0.3 is 5.97 Å². The largest absolute Gasteiger partial charge is 0.452 e. The minimum absolute atomic E-state index is 0.0380. The van der Waals surface area contributed by atoms with E-state index in [-0.39, 0.29) is 29.0 Å². The maximum atomic E-state index is 12.1. The van der Waals surface area contributed by atoms with Gasteiger partial charge in [-0.2, -0.15) is 0 Å². The van der Waals surface area contributed by atoms with Gasteiger partial charge in [-0.1, -0.05) is 32.8 Å². The second kappa shape index (κ2) is 8.64. The van der Waals surface area contributed by atoms with Gasteiger partial charge in [-0.15, -0.1) is 0 Å². The summed E-state index contributed by atoms with van der Waals surface area (Å²) >= 11 is 0. The van der Waals surface area contributed by atoms with E-state index in [4.69, 9.17) is 4.74 Å². The molecule has 1 saturated carbocycles. The highest BCUT2D eigenvalue weighted by molar-refractivity contribution is 7.89. The molecule has 1 aromatic rings. The van der Waals surface area contributed by atoms with Crippen LogP contribution >= 0.6 is 0 Å². The van der Waals surface area contributed by atoms with Crippen molar-refractivity contribution < 1.29 is 22.7 Å². The summed E-state index contributed by atoms with van der Waals surface area (Å²) in [5.41, 5.74) is 0.0776. The van der Waals surface area contributed by atoms with E-state index in [9.17, 15) is 18.0 Å². The van der Waals surface area contributed by atoms with Gasteiger partial charge in [0.1, 0.15) is 0 Å². The Labute approximate surface area is 154 Å². The summed E-state index contributed by atoms with van der Waals surface area (Å²) in [6.45, 7) is 3.91. The predicted octanol–water partition coefficient (Wildman–Crippen LogP) is 1.69. The molecule has 0 heterocycles. The summed E-state index contributed by atoms with van der Waals surface area (Å²) in [7, 11) is -2.36. The average Bonchev–Trinajstić information content (AvgIpc) is 2.63. The predicted molar refractivity (Wildman–Crippen MR) is 97.1 cm³/mol. The molecule has 0 radical (unpaired) electrons. The lowest BCUT2D eigenvalue weighted by molar-refractivity contribution is -0.125. The molecule has 7 nitrogen and oxygen atoms in total. The molecule has 26 heavy (non-hydrogen) atoms. The number of sulfonamides is 1. The monoisotopic (exact) mass is 382 g/mol. The molecule has 1 aromatic carbocycles. The van der Waals surface area contributed by atoms with E-state index in [1.165, 1.54) is 31.3 Å². The summed E-state index contributed by atoms with van der Waals surface area (Å²) < 4.78 is 30.8. The molecule has 0 aliphatic heterocycles. The van der Waals surface area contributed by atoms with Gasteiger partial charge in [-0.05, 0) is 43.5 Å². The Morgan fingerprint density at radius 1 is 1.23 bits per heavy atom. The molecule has 2 rings (SSSR count). The first kappa shape index (κ1) is 20.4. The Hall–Kier alpha value is -1.93. The molecule has 0 saturated heterocycles. The smallest absolute Gasteiger partial charge is 0.338 e. The molecule has 144 valence electrons. The highest BCUT2D eigenvalue weighted by Gasteiger charge is 2.28. The van der Waals surface area contributed by atoms with E-state index in [1.807, 2.05) is 0 Å². The summed E-state index contributed by atoms with van der Waals surface area (Å²) in [4.78, 5) is 24.1. The van der Waals surface area contributed by atoms with Crippen molar-refractivity contribution in [3.8, 4) is 0 Å². The minimum atomic E-state index is -3.65. The van der Waals surface area contributed by atoms with Crippen LogP contribution in [-0.2, 0) is 19.6 Å². The number of hydrogen-bond donors (Lipinski definition) is 2. The molecule has 0 aromatic heterocycles. The summed E-state index contributed by atoms with van der Waals surface area (Å²) in [5, 5.41) is 2.93. The lowest BCUT2D eigenvalue weighted by atomic mass is 9.78. The van der Waals surface area contributed by atoms with Crippen LogP contribution in [0.25, 0.3) is 0 Å². The van der Waals surface area contributed by atoms with Crippen LogP contribution in [0.15, 0.2) is 29.2 Å². The minimum Gasteiger partial charge on any atom is -0.452 e. The van der Waals surface area contributed by atoms with Crippen molar-refractivity contribution in [2.75, 3.05) is 13.7 Å². The molecule has 1 fully saturated rings. The molecule has 1 amide bonds. The van der Waals surface area contributed by atoms with Crippen LogP contribution in [0.2, 0.25) is 0 Å². The number of ether oxygens (including phenoxy) is 1. The third kappa shape index (κ3) is 5.04. The van der Waals surface area contributed by atoms with Gasteiger partial charge in [0.15, 0.2) is 6.61 Å². The number of benzene rings is 1. The van der Waals surface area contributed by atoms with Gasteiger partial charge in [0, 0.05) is 6.04 Å². The summed E-state index contributed by atoms with van der Waals surface area (Å²) in [6.07, 6.45) is 3.16. The van der Waals surface area contributed by atoms with Crippen molar-refractivity contribution >= 4 is 21.9 Å². The first-order chi connectivity index (χ1) is 12.2. The van der Waals surface area contributed by atoms with Crippen molar-refractivity contribution in [1.29, 1.82) is 0 Å². The summed E-state index contributed by atoms with van der Waals surface area (Å²) in [5.74, 6) is -0.151. The van der Waals surface area contributed by atoms with Crippen molar-refractivity contribution in [3.05, 3.63) is 29.8 Å². The number of rotatable bonds is 6. The topological polar surface area (TPSA) is 102 Å². The number of esters is 1. The molecule has 2 N–H and O–H groups in total. The standard InChI is InChI=1S/C18H26N2O5S/c1-12-6-4-9-16(13(12)2)20-17(21)11-25-18(22)14-7-5-8-15(10-14)26(23,24)19-3/h5,7-8,10,12-13,16,19H,4,6,9,11H2,1-3H3,(H,20,21)/t12-,13+,16-/m0/s1. The molecule has 1 aliphatic rings. The van der Waals surface area contributed by atoms with Crippen LogP contribution in [0.5, 0.6) is 0 Å². The maximum Gasteiger partial charge on any atom is 0.338 e. The molecular weight excluding hydrogens is 356 g/mol. The van der Waals surface area contributed by atoms with Gasteiger partial charge in [-0.3, -0.25) is 4.79 Å². The molecule has 0 unspecified atom stereocenters. The maximum absolute atomic E-state index is 12.1. The van der Waals surface area contributed by atoms with Gasteiger partial charge in [0.25, 0.3) is 5.91 Å². The van der Waals surface area contributed by atoms with Crippen LogP contribution in [-0.4, -0.2) is 40.0 Å². The second-order valence-electron chi connectivity index (χ2n) is 6.75. The fraction of sp³-hybridized carbons (Fsp3) is 0.556. The number of carbonyl (C=O) groups excluding carboxylic acids is 2. The zero-order valence-electron chi connectivity index (χ0n) is 15.3. The highest BCUT2D eigenvalue weighted by Crippen LogP contribution is 2.29. The normalized spacial score (nSPS) is 23.3. The van der Waals surface area contributed by atoms with Crippen molar-refractivity contribution in [2.45, 2.75) is 44.0 Å². The Kier molecular flexibility index (Phi) is 6.77. The van der Waals surface area contributed by atoms with Gasteiger partial charge in [0.2, 0.25) is 10.0 Å². The Bertz CT molecular complexity index is 763. The van der Waals surface area contributed by atoms with Crippen LogP contribution in [0, 0.1) is 11.8 Å². The number of nitrogens with one attached hydrogen (secondary N) is 2. The molecule has 0 bridgehead atoms. The molecule has 0 spiro atoms. The van der Waals surface area contributed by atoms with E-state index in [2.05, 4.69) is 23.9 Å². The fourth-order valence-electron chi connectivity index (χ4n) is 3.16. The van der Waals surface area contributed by atoms with Crippen molar-refractivity contribution in [1.82, 2.24) is 10.0 Å². The highest BCUT2D eigenvalue weighted by atomic mass is 32.2. The number of hydrogen-bond acceptors (Lipinski definition) is 5. The van der Waals surface area contributed by atoms with Gasteiger partial charge in [-0.25, -0.2) is 17.9 Å². The van der Waals surface area contributed by atoms with Crippen LogP contribution in [0.4, 0.5) is 0 Å². The average molecular weight is 382 g/mol. The lowest BCUT2D eigenvalue weighted by Crippen LogP contribution is -2.45. The van der Waals surface area contributed by atoms with Crippen molar-refractivity contribution in [3.63, 3.8) is 0 Å². The molecule has 8 heteroatoms. The fourth-order valence-corrected chi connectivity index (χ4v) is 3.93. The Morgan fingerprint density at radius 3 is 2.65 bits per heavy atom. The van der Waals surface area contributed by atoms with E-state index in [0.29, 0.717) is 11.8 Å². The van der Waals surface area contributed by atoms with E-state index in [0.717, 1.165) is 19.3 Å². The van der Waals surface area contributed by atoms with Crippen molar-refractivity contribution in [2.24, 2.45) is 11.8 Å². The molecule has 1 aliphatic carbocycles. The van der Waals surface area contributed by atoms with E-state index in [1.54, 1.807) is 0 Å². The molecular formula is C18H26N2O5S. The van der Waals surface area contributed by atoms with E-state index < -0.39 is 16.0 Å². The number of amides is 1. The lowest BCUT2D eigenvalue weighted by Gasteiger charge is -2.34. The second-order valence-corrected chi connectivity index (χ2v) is 8.64. The molecule has 3 atom stereocenters. The van der Waals surface area contributed by atoms with Gasteiger partial charge < -0.3 is 10.1 Å². The van der Waals surface area contributed by atoms with E-state index >= 15 is 0 Å². The zero-order valence-corrected chi connectivity index (χ0v) is 16.1. The first-order valence-corrected chi connectivity index (χ1v) is 10.2. The third-order valence-electron chi connectivity index (χ3n) is 5.04. The van der Waals surface area contributed by atoms with Crippen LogP contribution in [0.1, 0.15) is 43.5 Å². The zero-order chi connectivity index (χ0) is 19.3. The Morgan fingerprint density at radius 2 is 1.96 bits per heavy atom. The SMILES string of the molecule is CNS(=O)(=O)c1cccc(C(=O)OCC(=O)N[C@H]2CCC[C@H](C)[C@H]2C)c1. The first-order valence-electron chi connectivity index (χ1n) is 8.74. The Balaban J connectivity index is 1.92. The van der Waals surface area contributed by atoms with Crippen LogP contribution in [0.3, 0.4) is 0 Å². The van der Waals surface area contributed by atoms with Gasteiger partial charge in [0.05, 0.1) is 10.5 Å². The quantitative estimate of drug-likeness (QED) is 0.729. The summed E-state index contributed by atoms with van der Waals surface area (Å²) in [6, 6.07) is 5.58. The number of carbonyl (C=O) groups is 2.